The average molecular weight is 157 g/mol. The molecule has 1 fully saturated rings. The van der Waals surface area contributed by atoms with Crippen LogP contribution in [0.2, 0.25) is 0 Å². The fourth-order valence-electron chi connectivity index (χ4n) is 1.55. The second-order valence-corrected chi connectivity index (χ2v) is 3.83. The molecule has 0 aromatic heterocycles. The minimum absolute atomic E-state index is 0.378. The van der Waals surface area contributed by atoms with Crippen LogP contribution in [-0.2, 0) is 4.74 Å². The third-order valence-corrected chi connectivity index (χ3v) is 2.29. The van der Waals surface area contributed by atoms with Crippen molar-refractivity contribution in [3.63, 3.8) is 0 Å². The largest absolute Gasteiger partial charge is 0.374 e. The third kappa shape index (κ3) is 2.17. The molecule has 1 aliphatic rings. The minimum atomic E-state index is 0.378. The number of rotatable bonds is 3. The molecule has 0 saturated heterocycles. The summed E-state index contributed by atoms with van der Waals surface area (Å²) in [6, 6.07) is 0.664. The van der Waals surface area contributed by atoms with Crippen molar-refractivity contribution >= 4 is 0 Å². The maximum Gasteiger partial charge on any atom is 0.0734 e. The molecule has 0 aliphatic heterocycles. The molecule has 0 aromatic rings. The molecule has 0 N–H and O–H groups in total. The molecule has 0 amide bonds. The summed E-state index contributed by atoms with van der Waals surface area (Å²) < 4.78 is 5.72. The highest BCUT2D eigenvalue weighted by atomic mass is 16.5. The standard InChI is InChI=1S/C9H19NO/c1-7(2)11-9-6-5-8(9)10(3)4/h7-9H,5-6H2,1-4H3. The van der Waals surface area contributed by atoms with Gasteiger partial charge in [-0.2, -0.15) is 0 Å². The number of nitrogens with zero attached hydrogens (tertiary/aromatic N) is 1. The van der Waals surface area contributed by atoms with Crippen molar-refractivity contribution in [2.45, 2.75) is 44.9 Å². The lowest BCUT2D eigenvalue weighted by Crippen LogP contribution is -2.49. The van der Waals surface area contributed by atoms with Gasteiger partial charge in [-0.3, -0.25) is 0 Å². The van der Waals surface area contributed by atoms with Crippen molar-refractivity contribution in [1.29, 1.82) is 0 Å². The molecule has 2 unspecified atom stereocenters. The monoisotopic (exact) mass is 157 g/mol. The summed E-state index contributed by atoms with van der Waals surface area (Å²) in [5.74, 6) is 0. The first-order valence-corrected chi connectivity index (χ1v) is 4.43. The van der Waals surface area contributed by atoms with Crippen LogP contribution in [-0.4, -0.2) is 37.2 Å². The number of ether oxygens (including phenoxy) is 1. The zero-order valence-corrected chi connectivity index (χ0v) is 8.00. The molecule has 0 aromatic carbocycles. The first-order chi connectivity index (χ1) is 5.11. The Morgan fingerprint density at radius 3 is 2.18 bits per heavy atom. The van der Waals surface area contributed by atoms with Gasteiger partial charge in [-0.05, 0) is 40.8 Å². The molecule has 2 heteroatoms. The molecule has 0 radical (unpaired) electrons. The normalized spacial score (nSPS) is 31.1. The summed E-state index contributed by atoms with van der Waals surface area (Å²) >= 11 is 0. The summed E-state index contributed by atoms with van der Waals surface area (Å²) in [6.07, 6.45) is 3.40. The van der Waals surface area contributed by atoms with Crippen molar-refractivity contribution in [3.05, 3.63) is 0 Å². The Labute approximate surface area is 69.5 Å². The van der Waals surface area contributed by atoms with E-state index in [-0.39, 0.29) is 0 Å². The van der Waals surface area contributed by atoms with Gasteiger partial charge in [0.1, 0.15) is 0 Å². The fraction of sp³-hybridized carbons (Fsp3) is 1.00. The Kier molecular flexibility index (Phi) is 2.90. The van der Waals surface area contributed by atoms with Gasteiger partial charge in [0, 0.05) is 6.04 Å². The molecule has 1 aliphatic carbocycles. The smallest absolute Gasteiger partial charge is 0.0734 e. The van der Waals surface area contributed by atoms with Gasteiger partial charge < -0.3 is 9.64 Å². The zero-order chi connectivity index (χ0) is 8.43. The summed E-state index contributed by atoms with van der Waals surface area (Å²) in [5, 5.41) is 0. The van der Waals surface area contributed by atoms with Crippen LogP contribution in [0.1, 0.15) is 26.7 Å². The quantitative estimate of drug-likeness (QED) is 0.615. The molecule has 2 atom stereocenters. The molecule has 1 rings (SSSR count). The van der Waals surface area contributed by atoms with Crippen LogP contribution in [0.25, 0.3) is 0 Å². The summed E-state index contributed by atoms with van der Waals surface area (Å²) in [6.45, 7) is 4.20. The van der Waals surface area contributed by atoms with Gasteiger partial charge in [0.25, 0.3) is 0 Å². The Morgan fingerprint density at radius 2 is 1.91 bits per heavy atom. The summed E-state index contributed by atoms with van der Waals surface area (Å²) in [5.41, 5.74) is 0. The van der Waals surface area contributed by atoms with E-state index in [9.17, 15) is 0 Å². The van der Waals surface area contributed by atoms with Gasteiger partial charge in [0.2, 0.25) is 0 Å². The van der Waals surface area contributed by atoms with Crippen molar-refractivity contribution in [1.82, 2.24) is 4.90 Å². The van der Waals surface area contributed by atoms with Gasteiger partial charge in [0.05, 0.1) is 12.2 Å². The Morgan fingerprint density at radius 1 is 1.27 bits per heavy atom. The van der Waals surface area contributed by atoms with Gasteiger partial charge in [-0.1, -0.05) is 0 Å². The van der Waals surface area contributed by atoms with Crippen LogP contribution in [0.15, 0.2) is 0 Å². The molecule has 0 spiro atoms. The predicted molar refractivity (Wildman–Crippen MR) is 46.7 cm³/mol. The first kappa shape index (κ1) is 9.01. The SMILES string of the molecule is CC(C)OC1CCC1N(C)C. The van der Waals surface area contributed by atoms with Crippen LogP contribution in [0.4, 0.5) is 0 Å². The second-order valence-electron chi connectivity index (χ2n) is 3.83. The van der Waals surface area contributed by atoms with Crippen LogP contribution in [0.5, 0.6) is 0 Å². The van der Waals surface area contributed by atoms with Crippen LogP contribution in [0, 0.1) is 0 Å². The maximum absolute atomic E-state index is 5.72. The lowest BCUT2D eigenvalue weighted by atomic mass is 9.88. The third-order valence-electron chi connectivity index (χ3n) is 2.29. The van der Waals surface area contributed by atoms with E-state index in [1.54, 1.807) is 0 Å². The average Bonchev–Trinajstić information content (AvgIpc) is 1.78. The van der Waals surface area contributed by atoms with Crippen molar-refractivity contribution < 1.29 is 4.74 Å². The lowest BCUT2D eigenvalue weighted by molar-refractivity contribution is -0.0845. The van der Waals surface area contributed by atoms with E-state index in [1.165, 1.54) is 12.8 Å². The van der Waals surface area contributed by atoms with E-state index in [2.05, 4.69) is 32.8 Å². The molecule has 66 valence electrons. The van der Waals surface area contributed by atoms with Gasteiger partial charge in [-0.15, -0.1) is 0 Å². The van der Waals surface area contributed by atoms with Gasteiger partial charge >= 0.3 is 0 Å². The maximum atomic E-state index is 5.72. The predicted octanol–water partition coefficient (Wildman–Crippen LogP) is 1.50. The highest BCUT2D eigenvalue weighted by Gasteiger charge is 2.33. The molecular weight excluding hydrogens is 138 g/mol. The molecule has 2 nitrogen and oxygen atoms in total. The van der Waals surface area contributed by atoms with Crippen LogP contribution >= 0.6 is 0 Å². The van der Waals surface area contributed by atoms with E-state index in [0.29, 0.717) is 18.2 Å². The molecule has 11 heavy (non-hydrogen) atoms. The lowest BCUT2D eigenvalue weighted by Gasteiger charge is -2.41. The van der Waals surface area contributed by atoms with Crippen LogP contribution in [0.3, 0.4) is 0 Å². The molecule has 0 heterocycles. The minimum Gasteiger partial charge on any atom is -0.374 e. The van der Waals surface area contributed by atoms with Crippen molar-refractivity contribution in [3.8, 4) is 0 Å². The van der Waals surface area contributed by atoms with Crippen LogP contribution < -0.4 is 0 Å². The number of hydrogen-bond donors (Lipinski definition) is 0. The van der Waals surface area contributed by atoms with Crippen molar-refractivity contribution in [2.24, 2.45) is 0 Å². The van der Waals surface area contributed by atoms with E-state index in [1.807, 2.05) is 0 Å². The number of hydrogen-bond acceptors (Lipinski definition) is 2. The Balaban J connectivity index is 2.26. The Hall–Kier alpha value is -0.0800. The summed E-state index contributed by atoms with van der Waals surface area (Å²) in [4.78, 5) is 2.26. The highest BCUT2D eigenvalue weighted by Crippen LogP contribution is 2.27. The van der Waals surface area contributed by atoms with Crippen molar-refractivity contribution in [2.75, 3.05) is 14.1 Å². The summed E-state index contributed by atoms with van der Waals surface area (Å²) in [7, 11) is 4.25. The number of likely N-dealkylation sites (N-methyl/N-ethyl adjacent to an activating group) is 1. The topological polar surface area (TPSA) is 12.5 Å². The first-order valence-electron chi connectivity index (χ1n) is 4.43. The van der Waals surface area contributed by atoms with E-state index >= 15 is 0 Å². The van der Waals surface area contributed by atoms with E-state index in [4.69, 9.17) is 4.74 Å². The molecular formula is C9H19NO. The van der Waals surface area contributed by atoms with Gasteiger partial charge in [0.15, 0.2) is 0 Å². The zero-order valence-electron chi connectivity index (χ0n) is 8.00. The second kappa shape index (κ2) is 3.55. The van der Waals surface area contributed by atoms with E-state index in [0.717, 1.165) is 0 Å². The molecule has 0 bridgehead atoms. The highest BCUT2D eigenvalue weighted by molar-refractivity contribution is 4.87. The van der Waals surface area contributed by atoms with E-state index < -0.39 is 0 Å². The Bertz CT molecular complexity index is 123. The fourth-order valence-corrected chi connectivity index (χ4v) is 1.55. The molecule has 1 saturated carbocycles. The van der Waals surface area contributed by atoms with Gasteiger partial charge in [-0.25, -0.2) is 0 Å².